The highest BCUT2D eigenvalue weighted by atomic mass is 16.3. The maximum Gasteiger partial charge on any atom is 0.139 e. The van der Waals surface area contributed by atoms with Gasteiger partial charge in [0.2, 0.25) is 0 Å². The Balaban J connectivity index is 1.76. The lowest BCUT2D eigenvalue weighted by Gasteiger charge is -2.48. The van der Waals surface area contributed by atoms with E-state index in [-0.39, 0.29) is 10.8 Å². The zero-order chi connectivity index (χ0) is 17.3. The Morgan fingerprint density at radius 3 is 2.58 bits per heavy atom. The number of carbonyl (C=O) groups is 1. The molecule has 3 aliphatic rings. The van der Waals surface area contributed by atoms with Gasteiger partial charge in [-0.3, -0.25) is 4.79 Å². The second kappa shape index (κ2) is 5.09. The van der Waals surface area contributed by atoms with Gasteiger partial charge in [-0.1, -0.05) is 33.8 Å². The molecule has 2 fully saturated rings. The van der Waals surface area contributed by atoms with E-state index < -0.39 is 0 Å². The van der Waals surface area contributed by atoms with Crippen LogP contribution in [0.25, 0.3) is 0 Å². The van der Waals surface area contributed by atoms with Crippen molar-refractivity contribution in [1.82, 2.24) is 0 Å². The van der Waals surface area contributed by atoms with Crippen LogP contribution in [-0.4, -0.2) is 10.9 Å². The molecule has 2 saturated carbocycles. The molecule has 0 amide bonds. The molecule has 1 aromatic carbocycles. The van der Waals surface area contributed by atoms with Crippen LogP contribution in [0.5, 0.6) is 5.75 Å². The fourth-order valence-electron chi connectivity index (χ4n) is 5.98. The molecule has 0 aliphatic heterocycles. The van der Waals surface area contributed by atoms with Crippen LogP contribution in [0.4, 0.5) is 0 Å². The van der Waals surface area contributed by atoms with Gasteiger partial charge in [-0.25, -0.2) is 0 Å². The molecule has 2 nitrogen and oxygen atoms in total. The molecule has 2 heteroatoms. The van der Waals surface area contributed by atoms with Gasteiger partial charge in [-0.05, 0) is 78.0 Å². The summed E-state index contributed by atoms with van der Waals surface area (Å²) >= 11 is 0. The summed E-state index contributed by atoms with van der Waals surface area (Å²) in [6, 6.07) is 4.32. The molecule has 4 rings (SSSR count). The number of hydrogen-bond donors (Lipinski definition) is 1. The molecule has 24 heavy (non-hydrogen) atoms. The standard InChI is InChI=1S/C22H30O2/c1-21(2,3)18-12-16-13(11-19(18)23)5-6-15-14(16)9-10-22(4)17(15)7-8-20(22)24/h11-12,14-15,17,23H,5-10H2,1-4H3/t14-,15-,17-,22+/m0/s1. The molecule has 0 heterocycles. The summed E-state index contributed by atoms with van der Waals surface area (Å²) < 4.78 is 0. The molecule has 130 valence electrons. The number of fused-ring (bicyclic) bond motifs is 5. The third-order valence-corrected chi connectivity index (χ3v) is 7.36. The Labute approximate surface area is 145 Å². The molecule has 4 atom stereocenters. The summed E-state index contributed by atoms with van der Waals surface area (Å²) in [6.45, 7) is 8.74. The molecular formula is C22H30O2. The van der Waals surface area contributed by atoms with Crippen molar-refractivity contribution < 1.29 is 9.90 Å². The van der Waals surface area contributed by atoms with E-state index >= 15 is 0 Å². The summed E-state index contributed by atoms with van der Waals surface area (Å²) in [5.74, 6) is 2.78. The highest BCUT2D eigenvalue weighted by Gasteiger charge is 2.54. The van der Waals surface area contributed by atoms with E-state index in [1.165, 1.54) is 17.5 Å². The summed E-state index contributed by atoms with van der Waals surface area (Å²) in [4.78, 5) is 12.4. The van der Waals surface area contributed by atoms with Crippen LogP contribution in [-0.2, 0) is 16.6 Å². The number of hydrogen-bond acceptors (Lipinski definition) is 2. The number of aromatic hydroxyl groups is 1. The number of carbonyl (C=O) groups excluding carboxylic acids is 1. The van der Waals surface area contributed by atoms with Gasteiger partial charge < -0.3 is 5.11 Å². The first-order valence-corrected chi connectivity index (χ1v) is 9.61. The summed E-state index contributed by atoms with van der Waals surface area (Å²) in [7, 11) is 0. The Morgan fingerprint density at radius 2 is 1.88 bits per heavy atom. The average molecular weight is 326 g/mol. The first kappa shape index (κ1) is 16.2. The summed E-state index contributed by atoms with van der Waals surface area (Å²) in [6.07, 6.45) is 6.29. The van der Waals surface area contributed by atoms with E-state index in [4.69, 9.17) is 0 Å². The third kappa shape index (κ3) is 2.18. The zero-order valence-electron chi connectivity index (χ0n) is 15.5. The van der Waals surface area contributed by atoms with Crippen LogP contribution in [0.1, 0.15) is 82.4 Å². The molecule has 0 radical (unpaired) electrons. The first-order chi connectivity index (χ1) is 11.2. The van der Waals surface area contributed by atoms with E-state index in [9.17, 15) is 9.90 Å². The van der Waals surface area contributed by atoms with Crippen molar-refractivity contribution in [3.05, 3.63) is 28.8 Å². The molecule has 0 unspecified atom stereocenters. The van der Waals surface area contributed by atoms with E-state index in [2.05, 4.69) is 33.8 Å². The van der Waals surface area contributed by atoms with Crippen LogP contribution < -0.4 is 0 Å². The zero-order valence-corrected chi connectivity index (χ0v) is 15.5. The van der Waals surface area contributed by atoms with Crippen LogP contribution in [0.2, 0.25) is 0 Å². The molecule has 0 aromatic heterocycles. The maximum absolute atomic E-state index is 12.4. The smallest absolute Gasteiger partial charge is 0.139 e. The fraction of sp³-hybridized carbons (Fsp3) is 0.682. The lowest BCUT2D eigenvalue weighted by molar-refractivity contribution is -0.129. The minimum absolute atomic E-state index is 0.0431. The van der Waals surface area contributed by atoms with Gasteiger partial charge in [0.05, 0.1) is 0 Å². The Morgan fingerprint density at radius 1 is 1.12 bits per heavy atom. The Kier molecular flexibility index (Phi) is 3.43. The van der Waals surface area contributed by atoms with Gasteiger partial charge in [0.25, 0.3) is 0 Å². The van der Waals surface area contributed by atoms with Crippen molar-refractivity contribution in [2.24, 2.45) is 17.3 Å². The van der Waals surface area contributed by atoms with Crippen molar-refractivity contribution in [3.63, 3.8) is 0 Å². The largest absolute Gasteiger partial charge is 0.508 e. The highest BCUT2D eigenvalue weighted by Crippen LogP contribution is 2.60. The molecule has 0 saturated heterocycles. The second-order valence-electron chi connectivity index (χ2n) is 9.65. The van der Waals surface area contributed by atoms with Gasteiger partial charge in [-0.2, -0.15) is 0 Å². The highest BCUT2D eigenvalue weighted by molar-refractivity contribution is 5.87. The van der Waals surface area contributed by atoms with Crippen LogP contribution in [0.3, 0.4) is 0 Å². The van der Waals surface area contributed by atoms with Gasteiger partial charge >= 0.3 is 0 Å². The summed E-state index contributed by atoms with van der Waals surface area (Å²) in [5, 5.41) is 10.5. The van der Waals surface area contributed by atoms with Crippen LogP contribution >= 0.6 is 0 Å². The summed E-state index contributed by atoms with van der Waals surface area (Å²) in [5.41, 5.74) is 3.78. The minimum atomic E-state index is -0.0531. The van der Waals surface area contributed by atoms with Crippen molar-refractivity contribution in [2.75, 3.05) is 0 Å². The quantitative estimate of drug-likeness (QED) is 0.719. The van der Waals surface area contributed by atoms with E-state index in [1.54, 1.807) is 0 Å². The SMILES string of the molecule is CC(C)(C)c1cc2c(cc1O)CC[C@H]1[C@@H]2CC[C@@]2(C)C(=O)CC[C@@H]12. The van der Waals surface area contributed by atoms with Crippen molar-refractivity contribution in [3.8, 4) is 5.75 Å². The van der Waals surface area contributed by atoms with Gasteiger partial charge in [0.15, 0.2) is 0 Å². The van der Waals surface area contributed by atoms with Crippen LogP contribution in [0.15, 0.2) is 12.1 Å². The normalized spacial score (nSPS) is 35.3. The lowest BCUT2D eigenvalue weighted by atomic mass is 9.55. The Hall–Kier alpha value is -1.31. The lowest BCUT2D eigenvalue weighted by Crippen LogP contribution is -2.42. The second-order valence-corrected chi connectivity index (χ2v) is 9.65. The molecular weight excluding hydrogens is 296 g/mol. The molecule has 3 aliphatic carbocycles. The Bertz CT molecular complexity index is 697. The number of phenols is 1. The maximum atomic E-state index is 12.4. The van der Waals surface area contributed by atoms with Gasteiger partial charge in [-0.15, -0.1) is 0 Å². The van der Waals surface area contributed by atoms with E-state index in [1.807, 2.05) is 6.07 Å². The van der Waals surface area contributed by atoms with E-state index in [0.29, 0.717) is 29.3 Å². The van der Waals surface area contributed by atoms with Crippen molar-refractivity contribution in [2.45, 2.75) is 77.6 Å². The average Bonchev–Trinajstić information content (AvgIpc) is 2.81. The monoisotopic (exact) mass is 326 g/mol. The third-order valence-electron chi connectivity index (χ3n) is 7.36. The van der Waals surface area contributed by atoms with Crippen LogP contribution in [0, 0.1) is 17.3 Å². The number of benzene rings is 1. The minimum Gasteiger partial charge on any atom is -0.508 e. The number of rotatable bonds is 0. The topological polar surface area (TPSA) is 37.3 Å². The molecule has 1 N–H and O–H groups in total. The number of ketones is 1. The van der Waals surface area contributed by atoms with Gasteiger partial charge in [0, 0.05) is 11.8 Å². The number of aryl methyl sites for hydroxylation is 1. The molecule has 1 aromatic rings. The number of phenolic OH excluding ortho intramolecular Hbond substituents is 1. The molecule has 0 bridgehead atoms. The predicted molar refractivity (Wildman–Crippen MR) is 96.4 cm³/mol. The number of Topliss-reactive ketones (excluding diaryl/α,β-unsaturated/α-hetero) is 1. The van der Waals surface area contributed by atoms with Gasteiger partial charge in [0.1, 0.15) is 11.5 Å². The predicted octanol–water partition coefficient (Wildman–Crippen LogP) is 5.11. The first-order valence-electron chi connectivity index (χ1n) is 9.61. The van der Waals surface area contributed by atoms with Crippen molar-refractivity contribution >= 4 is 5.78 Å². The fourth-order valence-corrected chi connectivity index (χ4v) is 5.98. The van der Waals surface area contributed by atoms with Crippen molar-refractivity contribution in [1.29, 1.82) is 0 Å². The molecule has 0 spiro atoms. The van der Waals surface area contributed by atoms with E-state index in [0.717, 1.165) is 37.7 Å².